The summed E-state index contributed by atoms with van der Waals surface area (Å²) in [5.74, 6) is 0. The lowest BCUT2D eigenvalue weighted by molar-refractivity contribution is 0.722. The Morgan fingerprint density at radius 1 is 1.00 bits per heavy atom. The monoisotopic (exact) mass is 358 g/mol. The Bertz CT molecular complexity index is 664. The molecular weight excluding hydrogens is 351 g/mol. The van der Waals surface area contributed by atoms with Crippen LogP contribution in [-0.4, -0.2) is 20.4 Å². The lowest BCUT2D eigenvalue weighted by Gasteiger charge is -2.26. The third kappa shape index (κ3) is 2.85. The molecule has 0 amide bonds. The molecule has 0 fully saturated rings. The number of rotatable bonds is 4. The molecule has 0 aliphatic carbocycles. The Morgan fingerprint density at radius 2 is 1.52 bits per heavy atom. The third-order valence-corrected chi connectivity index (χ3v) is 4.72. The largest absolute Gasteiger partial charge is 0.307 e. The molecule has 1 aromatic carbocycles. The van der Waals surface area contributed by atoms with E-state index in [2.05, 4.69) is 20.4 Å². The summed E-state index contributed by atoms with van der Waals surface area (Å²) < 4.78 is 0. The molecule has 6 nitrogen and oxygen atoms in total. The lowest BCUT2D eigenvalue weighted by atomic mass is 10.1. The van der Waals surface area contributed by atoms with Gasteiger partial charge >= 0.3 is 0 Å². The van der Waals surface area contributed by atoms with E-state index in [1.165, 1.54) is 22.7 Å². The predicted molar refractivity (Wildman–Crippen MR) is 85.3 cm³/mol. The Kier molecular flexibility index (Phi) is 4.32. The van der Waals surface area contributed by atoms with Crippen LogP contribution in [-0.2, 0) is 0 Å². The minimum absolute atomic E-state index is 0.481. The van der Waals surface area contributed by atoms with E-state index in [1.54, 1.807) is 34.1 Å². The van der Waals surface area contributed by atoms with Crippen LogP contribution in [0.4, 0.5) is 10.3 Å². The molecule has 3 rings (SSSR count). The first-order chi connectivity index (χ1) is 10.2. The number of aromatic nitrogens is 4. The Labute approximate surface area is 138 Å². The minimum atomic E-state index is -0.646. The zero-order valence-corrected chi connectivity index (χ0v) is 13.5. The van der Waals surface area contributed by atoms with E-state index in [0.717, 1.165) is 0 Å². The molecule has 0 saturated carbocycles. The molecular formula is C11H8Cl2N6S2. The van der Waals surface area contributed by atoms with Crippen molar-refractivity contribution < 1.29 is 0 Å². The Balaban J connectivity index is 2.09. The summed E-state index contributed by atoms with van der Waals surface area (Å²) in [4.78, 5) is 1.71. The second-order valence-corrected chi connectivity index (χ2v) is 6.33. The van der Waals surface area contributed by atoms with Gasteiger partial charge in [0, 0.05) is 15.6 Å². The van der Waals surface area contributed by atoms with Crippen LogP contribution in [0.15, 0.2) is 29.2 Å². The standard InChI is InChI=1S/C11H8Cl2N6S2/c12-6-2-1-3-7(13)8(6)9(14)19(10-17-15-4-20-10)11-18-16-5-21-11/h1-5,9H,14H2. The highest BCUT2D eigenvalue weighted by Gasteiger charge is 2.27. The Hall–Kier alpha value is -1.32. The fourth-order valence-corrected chi connectivity index (χ4v) is 3.66. The molecule has 0 radical (unpaired) electrons. The van der Waals surface area contributed by atoms with Crippen molar-refractivity contribution in [1.82, 2.24) is 20.4 Å². The van der Waals surface area contributed by atoms with E-state index in [0.29, 0.717) is 25.9 Å². The molecule has 2 N–H and O–H groups in total. The minimum Gasteiger partial charge on any atom is -0.307 e. The zero-order chi connectivity index (χ0) is 14.8. The van der Waals surface area contributed by atoms with Crippen molar-refractivity contribution in [3.63, 3.8) is 0 Å². The van der Waals surface area contributed by atoms with Crippen LogP contribution in [0, 0.1) is 0 Å². The maximum Gasteiger partial charge on any atom is 0.215 e. The van der Waals surface area contributed by atoms with Gasteiger partial charge in [-0.05, 0) is 12.1 Å². The fourth-order valence-electron chi connectivity index (χ4n) is 1.79. The third-order valence-electron chi connectivity index (χ3n) is 2.68. The summed E-state index contributed by atoms with van der Waals surface area (Å²) in [6.07, 6.45) is -0.646. The van der Waals surface area contributed by atoms with E-state index in [-0.39, 0.29) is 0 Å². The molecule has 2 aromatic heterocycles. The molecule has 0 saturated heterocycles. The van der Waals surface area contributed by atoms with Crippen molar-refractivity contribution in [2.45, 2.75) is 6.17 Å². The SMILES string of the molecule is NC(c1c(Cl)cccc1Cl)N(c1nncs1)c1nncs1. The van der Waals surface area contributed by atoms with Gasteiger partial charge in [-0.2, -0.15) is 0 Å². The van der Waals surface area contributed by atoms with Crippen LogP contribution in [0.2, 0.25) is 10.0 Å². The number of hydrogen-bond donors (Lipinski definition) is 1. The van der Waals surface area contributed by atoms with Gasteiger partial charge in [0.15, 0.2) is 0 Å². The quantitative estimate of drug-likeness (QED) is 0.718. The summed E-state index contributed by atoms with van der Waals surface area (Å²) in [5.41, 5.74) is 10.2. The van der Waals surface area contributed by atoms with Crippen LogP contribution in [0.5, 0.6) is 0 Å². The van der Waals surface area contributed by atoms with Gasteiger partial charge in [-0.25, -0.2) is 0 Å². The summed E-state index contributed by atoms with van der Waals surface area (Å²) in [5, 5.41) is 17.9. The molecule has 0 aliphatic heterocycles. The molecule has 3 aromatic rings. The molecule has 21 heavy (non-hydrogen) atoms. The van der Waals surface area contributed by atoms with Crippen LogP contribution in [0.3, 0.4) is 0 Å². The van der Waals surface area contributed by atoms with Crippen LogP contribution < -0.4 is 10.6 Å². The Morgan fingerprint density at radius 3 is 1.95 bits per heavy atom. The van der Waals surface area contributed by atoms with Crippen LogP contribution in [0.1, 0.15) is 11.7 Å². The van der Waals surface area contributed by atoms with Gasteiger partial charge in [-0.1, -0.05) is 51.9 Å². The smallest absolute Gasteiger partial charge is 0.215 e. The first-order valence-electron chi connectivity index (χ1n) is 5.69. The molecule has 1 unspecified atom stereocenters. The van der Waals surface area contributed by atoms with Gasteiger partial charge in [0.25, 0.3) is 0 Å². The maximum absolute atomic E-state index is 6.36. The van der Waals surface area contributed by atoms with Crippen molar-refractivity contribution in [3.05, 3.63) is 44.8 Å². The normalized spacial score (nSPS) is 12.3. The van der Waals surface area contributed by atoms with E-state index < -0.39 is 6.17 Å². The van der Waals surface area contributed by atoms with Gasteiger partial charge in [-0.15, -0.1) is 20.4 Å². The topological polar surface area (TPSA) is 80.8 Å². The molecule has 2 heterocycles. The van der Waals surface area contributed by atoms with Crippen molar-refractivity contribution in [3.8, 4) is 0 Å². The van der Waals surface area contributed by atoms with Crippen molar-refractivity contribution >= 4 is 56.1 Å². The van der Waals surface area contributed by atoms with E-state index in [1.807, 2.05) is 0 Å². The number of nitrogens with zero attached hydrogens (tertiary/aromatic N) is 5. The second-order valence-electron chi connectivity index (χ2n) is 3.89. The molecule has 0 aliphatic rings. The molecule has 0 spiro atoms. The van der Waals surface area contributed by atoms with E-state index in [4.69, 9.17) is 28.9 Å². The average molecular weight is 359 g/mol. The summed E-state index contributed by atoms with van der Waals surface area (Å²) in [7, 11) is 0. The lowest BCUT2D eigenvalue weighted by Crippen LogP contribution is -2.31. The average Bonchev–Trinajstić information content (AvgIpc) is 3.12. The number of benzene rings is 1. The van der Waals surface area contributed by atoms with E-state index >= 15 is 0 Å². The first-order valence-corrected chi connectivity index (χ1v) is 8.21. The number of hydrogen-bond acceptors (Lipinski definition) is 8. The van der Waals surface area contributed by atoms with Crippen molar-refractivity contribution in [2.24, 2.45) is 5.73 Å². The van der Waals surface area contributed by atoms with Crippen molar-refractivity contribution in [1.29, 1.82) is 0 Å². The van der Waals surface area contributed by atoms with Gasteiger partial charge < -0.3 is 5.73 Å². The van der Waals surface area contributed by atoms with Crippen LogP contribution >= 0.6 is 45.9 Å². The zero-order valence-electron chi connectivity index (χ0n) is 10.3. The highest BCUT2D eigenvalue weighted by molar-refractivity contribution is 7.15. The maximum atomic E-state index is 6.36. The summed E-state index contributed by atoms with van der Waals surface area (Å²) >= 11 is 15.2. The highest BCUT2D eigenvalue weighted by Crippen LogP contribution is 2.38. The molecule has 1 atom stereocenters. The van der Waals surface area contributed by atoms with Gasteiger partial charge in [0.2, 0.25) is 10.3 Å². The first kappa shape index (κ1) is 14.6. The number of halogens is 2. The number of anilines is 2. The second kappa shape index (κ2) is 6.20. The molecule has 10 heteroatoms. The highest BCUT2D eigenvalue weighted by atomic mass is 35.5. The predicted octanol–water partition coefficient (Wildman–Crippen LogP) is 3.49. The van der Waals surface area contributed by atoms with Gasteiger partial charge in [0.1, 0.15) is 17.2 Å². The van der Waals surface area contributed by atoms with E-state index in [9.17, 15) is 0 Å². The fraction of sp³-hybridized carbons (Fsp3) is 0.0909. The molecule has 108 valence electrons. The van der Waals surface area contributed by atoms with Crippen LogP contribution in [0.25, 0.3) is 0 Å². The van der Waals surface area contributed by atoms with Gasteiger partial charge in [0.05, 0.1) is 0 Å². The van der Waals surface area contributed by atoms with Gasteiger partial charge in [-0.3, -0.25) is 4.90 Å². The van der Waals surface area contributed by atoms with Crippen molar-refractivity contribution in [2.75, 3.05) is 4.90 Å². The summed E-state index contributed by atoms with van der Waals surface area (Å²) in [6, 6.07) is 5.24. The summed E-state index contributed by atoms with van der Waals surface area (Å²) in [6.45, 7) is 0. The molecule has 0 bridgehead atoms. The number of nitrogens with two attached hydrogens (primary N) is 1.